The van der Waals surface area contributed by atoms with Crippen LogP contribution in [-0.4, -0.2) is 40.9 Å². The van der Waals surface area contributed by atoms with Crippen molar-refractivity contribution in [3.05, 3.63) is 76.6 Å². The SMILES string of the molecule is COc1ccc(CCNC(=NCc2nnc(C)n2C)NCCc2ccc(F)cc2C)cc1. The number of aromatic nitrogens is 3. The number of guanidine groups is 1. The molecule has 0 atom stereocenters. The standard InChI is InChI=1S/C24H31FN6O/c1-17-15-21(25)8-7-20(17)12-14-27-24(28-16-23-30-29-18(2)31(23)3)26-13-11-19-5-9-22(32-4)10-6-19/h5-10,15H,11-14,16H2,1-4H3,(H2,26,27,28). The van der Waals surface area contributed by atoms with Gasteiger partial charge in [0.05, 0.1) is 7.11 Å². The number of nitrogens with one attached hydrogen (secondary N) is 2. The molecule has 0 aliphatic heterocycles. The molecule has 1 aromatic heterocycles. The zero-order valence-corrected chi connectivity index (χ0v) is 19.2. The molecule has 7 nitrogen and oxygen atoms in total. The summed E-state index contributed by atoms with van der Waals surface area (Å²) in [4.78, 5) is 4.69. The van der Waals surface area contributed by atoms with Gasteiger partial charge in [-0.05, 0) is 67.6 Å². The lowest BCUT2D eigenvalue weighted by atomic mass is 10.1. The van der Waals surface area contributed by atoms with Crippen LogP contribution in [0.4, 0.5) is 4.39 Å². The highest BCUT2D eigenvalue weighted by Gasteiger charge is 2.06. The molecule has 170 valence electrons. The molecular formula is C24H31FN6O. The van der Waals surface area contributed by atoms with Gasteiger partial charge in [-0.2, -0.15) is 0 Å². The molecule has 8 heteroatoms. The summed E-state index contributed by atoms with van der Waals surface area (Å²) in [5.41, 5.74) is 3.27. The van der Waals surface area contributed by atoms with Gasteiger partial charge in [0.2, 0.25) is 0 Å². The van der Waals surface area contributed by atoms with Crippen molar-refractivity contribution in [2.45, 2.75) is 33.2 Å². The van der Waals surface area contributed by atoms with Crippen LogP contribution >= 0.6 is 0 Å². The number of halogens is 1. The second kappa shape index (κ2) is 11.3. The van der Waals surface area contributed by atoms with Crippen molar-refractivity contribution in [3.8, 4) is 5.75 Å². The number of hydrogen-bond donors (Lipinski definition) is 2. The van der Waals surface area contributed by atoms with Gasteiger partial charge in [0.25, 0.3) is 0 Å². The summed E-state index contributed by atoms with van der Waals surface area (Å²) in [5, 5.41) is 15.0. The van der Waals surface area contributed by atoms with E-state index in [1.54, 1.807) is 13.2 Å². The van der Waals surface area contributed by atoms with Crippen LogP contribution in [0, 0.1) is 19.7 Å². The Morgan fingerprint density at radius 1 is 1.03 bits per heavy atom. The van der Waals surface area contributed by atoms with E-state index in [1.807, 2.05) is 43.7 Å². The van der Waals surface area contributed by atoms with E-state index < -0.39 is 0 Å². The summed E-state index contributed by atoms with van der Waals surface area (Å²) in [7, 11) is 3.60. The Labute approximate surface area is 188 Å². The number of nitrogens with zero attached hydrogens (tertiary/aromatic N) is 4. The number of benzene rings is 2. The van der Waals surface area contributed by atoms with Crippen LogP contribution in [0.15, 0.2) is 47.5 Å². The fraction of sp³-hybridized carbons (Fsp3) is 0.375. The fourth-order valence-electron chi connectivity index (χ4n) is 3.29. The van der Waals surface area contributed by atoms with Gasteiger partial charge >= 0.3 is 0 Å². The Bertz CT molecular complexity index is 1050. The van der Waals surface area contributed by atoms with Crippen molar-refractivity contribution >= 4 is 5.96 Å². The largest absolute Gasteiger partial charge is 0.497 e. The molecule has 3 aromatic rings. The lowest BCUT2D eigenvalue weighted by Crippen LogP contribution is -2.39. The highest BCUT2D eigenvalue weighted by atomic mass is 19.1. The molecule has 0 bridgehead atoms. The molecule has 0 spiro atoms. The van der Waals surface area contributed by atoms with E-state index in [0.29, 0.717) is 19.0 Å². The van der Waals surface area contributed by atoms with Gasteiger partial charge < -0.3 is 19.9 Å². The van der Waals surface area contributed by atoms with Crippen molar-refractivity contribution < 1.29 is 9.13 Å². The first-order chi connectivity index (χ1) is 15.5. The minimum atomic E-state index is -0.208. The summed E-state index contributed by atoms with van der Waals surface area (Å²) in [6.07, 6.45) is 1.62. The molecule has 3 rings (SSSR count). The first-order valence-corrected chi connectivity index (χ1v) is 10.7. The van der Waals surface area contributed by atoms with E-state index >= 15 is 0 Å². The Kier molecular flexibility index (Phi) is 8.19. The highest BCUT2D eigenvalue weighted by Crippen LogP contribution is 2.12. The minimum Gasteiger partial charge on any atom is -0.497 e. The molecule has 2 aromatic carbocycles. The van der Waals surface area contributed by atoms with E-state index in [0.717, 1.165) is 47.9 Å². The molecule has 1 heterocycles. The van der Waals surface area contributed by atoms with Gasteiger partial charge in [-0.25, -0.2) is 9.38 Å². The summed E-state index contributed by atoms with van der Waals surface area (Å²) in [5.74, 6) is 3.00. The Morgan fingerprint density at radius 2 is 1.75 bits per heavy atom. The van der Waals surface area contributed by atoms with Crippen LogP contribution in [0.25, 0.3) is 0 Å². The first-order valence-electron chi connectivity index (χ1n) is 10.7. The van der Waals surface area contributed by atoms with Gasteiger partial charge in [0.15, 0.2) is 11.8 Å². The zero-order chi connectivity index (χ0) is 22.9. The van der Waals surface area contributed by atoms with Gasteiger partial charge in [-0.15, -0.1) is 10.2 Å². The zero-order valence-electron chi connectivity index (χ0n) is 19.2. The topological polar surface area (TPSA) is 76.4 Å². The summed E-state index contributed by atoms with van der Waals surface area (Å²) < 4.78 is 20.5. The van der Waals surface area contributed by atoms with Crippen molar-refractivity contribution in [3.63, 3.8) is 0 Å². The van der Waals surface area contributed by atoms with Gasteiger partial charge in [0, 0.05) is 20.1 Å². The molecule has 0 unspecified atom stereocenters. The van der Waals surface area contributed by atoms with Gasteiger partial charge in [-0.3, -0.25) is 0 Å². The lowest BCUT2D eigenvalue weighted by Gasteiger charge is -2.14. The van der Waals surface area contributed by atoms with Crippen molar-refractivity contribution in [1.82, 2.24) is 25.4 Å². The van der Waals surface area contributed by atoms with E-state index in [2.05, 4.69) is 38.0 Å². The monoisotopic (exact) mass is 438 g/mol. The van der Waals surface area contributed by atoms with Crippen LogP contribution in [0.5, 0.6) is 5.75 Å². The third-order valence-electron chi connectivity index (χ3n) is 5.42. The maximum absolute atomic E-state index is 13.4. The molecule has 0 aliphatic carbocycles. The van der Waals surface area contributed by atoms with Gasteiger partial charge in [0.1, 0.15) is 23.9 Å². The maximum Gasteiger partial charge on any atom is 0.191 e. The predicted molar refractivity (Wildman–Crippen MR) is 124 cm³/mol. The van der Waals surface area contributed by atoms with Crippen molar-refractivity contribution in [2.24, 2.45) is 12.0 Å². The van der Waals surface area contributed by atoms with Crippen LogP contribution in [0.1, 0.15) is 28.3 Å². The minimum absolute atomic E-state index is 0.208. The summed E-state index contributed by atoms with van der Waals surface area (Å²) in [6.45, 7) is 5.67. The second-order valence-electron chi connectivity index (χ2n) is 7.66. The summed E-state index contributed by atoms with van der Waals surface area (Å²) >= 11 is 0. The molecule has 0 amide bonds. The number of aryl methyl sites for hydroxylation is 2. The quantitative estimate of drug-likeness (QED) is 0.397. The first kappa shape index (κ1) is 23.2. The molecular weight excluding hydrogens is 407 g/mol. The Morgan fingerprint density at radius 3 is 2.38 bits per heavy atom. The lowest BCUT2D eigenvalue weighted by molar-refractivity contribution is 0.414. The molecule has 0 saturated heterocycles. The average molecular weight is 439 g/mol. The Hall–Kier alpha value is -3.42. The molecule has 0 fully saturated rings. The van der Waals surface area contributed by atoms with E-state index in [-0.39, 0.29) is 5.82 Å². The maximum atomic E-state index is 13.4. The predicted octanol–water partition coefficient (Wildman–Crippen LogP) is 3.10. The number of aliphatic imine (C=N–C) groups is 1. The fourth-order valence-corrected chi connectivity index (χ4v) is 3.29. The summed E-state index contributed by atoms with van der Waals surface area (Å²) in [6, 6.07) is 12.9. The van der Waals surface area contributed by atoms with Crippen LogP contribution in [0.2, 0.25) is 0 Å². The van der Waals surface area contributed by atoms with Crippen molar-refractivity contribution in [2.75, 3.05) is 20.2 Å². The number of methoxy groups -OCH3 is 1. The van der Waals surface area contributed by atoms with Crippen LogP contribution in [0.3, 0.4) is 0 Å². The van der Waals surface area contributed by atoms with Crippen LogP contribution < -0.4 is 15.4 Å². The van der Waals surface area contributed by atoms with E-state index in [1.165, 1.54) is 11.6 Å². The Balaban J connectivity index is 1.60. The normalized spacial score (nSPS) is 11.5. The van der Waals surface area contributed by atoms with E-state index in [4.69, 9.17) is 4.74 Å². The van der Waals surface area contributed by atoms with E-state index in [9.17, 15) is 4.39 Å². The molecule has 32 heavy (non-hydrogen) atoms. The number of rotatable bonds is 9. The second-order valence-corrected chi connectivity index (χ2v) is 7.66. The van der Waals surface area contributed by atoms with Crippen LogP contribution in [-0.2, 0) is 26.4 Å². The third kappa shape index (κ3) is 6.54. The molecule has 0 saturated carbocycles. The van der Waals surface area contributed by atoms with Crippen molar-refractivity contribution in [1.29, 1.82) is 0 Å². The molecule has 0 aliphatic rings. The molecule has 0 radical (unpaired) electrons. The molecule has 2 N–H and O–H groups in total. The third-order valence-corrected chi connectivity index (χ3v) is 5.42. The average Bonchev–Trinajstić information content (AvgIpc) is 3.11. The smallest absolute Gasteiger partial charge is 0.191 e. The number of hydrogen-bond acceptors (Lipinski definition) is 4. The number of ether oxygens (including phenoxy) is 1. The highest BCUT2D eigenvalue weighted by molar-refractivity contribution is 5.79. The van der Waals surface area contributed by atoms with Gasteiger partial charge in [-0.1, -0.05) is 18.2 Å².